The van der Waals surface area contributed by atoms with Gasteiger partial charge in [0.25, 0.3) is 0 Å². The zero-order valence-corrected chi connectivity index (χ0v) is 12.7. The molecule has 0 fully saturated rings. The SMILES string of the molecule is CCC(CC(=O)OC)NC(=O)Cc1ccccc1Br. The Labute approximate surface area is 121 Å². The first kappa shape index (κ1) is 15.7. The molecule has 19 heavy (non-hydrogen) atoms. The first-order chi connectivity index (χ1) is 9.06. The van der Waals surface area contributed by atoms with Crippen molar-refractivity contribution in [2.24, 2.45) is 0 Å². The number of hydrogen-bond donors (Lipinski definition) is 1. The van der Waals surface area contributed by atoms with Gasteiger partial charge in [-0.1, -0.05) is 41.1 Å². The summed E-state index contributed by atoms with van der Waals surface area (Å²) < 4.78 is 5.51. The van der Waals surface area contributed by atoms with Crippen LogP contribution in [0.1, 0.15) is 25.3 Å². The average molecular weight is 328 g/mol. The van der Waals surface area contributed by atoms with E-state index in [2.05, 4.69) is 26.0 Å². The molecule has 0 bridgehead atoms. The molecule has 1 atom stereocenters. The molecule has 0 saturated heterocycles. The topological polar surface area (TPSA) is 55.4 Å². The zero-order valence-electron chi connectivity index (χ0n) is 11.1. The third-order valence-corrected chi connectivity index (χ3v) is 3.58. The van der Waals surface area contributed by atoms with Crippen LogP contribution in [0.4, 0.5) is 0 Å². The first-order valence-electron chi connectivity index (χ1n) is 6.16. The molecule has 0 aliphatic rings. The van der Waals surface area contributed by atoms with Crippen molar-refractivity contribution >= 4 is 27.8 Å². The molecule has 0 aliphatic heterocycles. The highest BCUT2D eigenvalue weighted by molar-refractivity contribution is 9.10. The van der Waals surface area contributed by atoms with Gasteiger partial charge in [-0.3, -0.25) is 9.59 Å². The van der Waals surface area contributed by atoms with Crippen molar-refractivity contribution < 1.29 is 14.3 Å². The predicted molar refractivity (Wildman–Crippen MR) is 76.7 cm³/mol. The standard InChI is InChI=1S/C14H18BrNO3/c1-3-11(9-14(18)19-2)16-13(17)8-10-6-4-5-7-12(10)15/h4-7,11H,3,8-9H2,1-2H3,(H,16,17). The molecular formula is C14H18BrNO3. The molecule has 0 saturated carbocycles. The van der Waals surface area contributed by atoms with Crippen LogP contribution in [0.2, 0.25) is 0 Å². The van der Waals surface area contributed by atoms with Crippen LogP contribution in [0.15, 0.2) is 28.7 Å². The number of methoxy groups -OCH3 is 1. The number of carbonyl (C=O) groups excluding carboxylic acids is 2. The van der Waals surface area contributed by atoms with Gasteiger partial charge < -0.3 is 10.1 Å². The normalized spacial score (nSPS) is 11.7. The van der Waals surface area contributed by atoms with Crippen LogP contribution >= 0.6 is 15.9 Å². The van der Waals surface area contributed by atoms with Crippen LogP contribution < -0.4 is 5.32 Å². The molecule has 1 amide bonds. The lowest BCUT2D eigenvalue weighted by molar-refractivity contribution is -0.141. The van der Waals surface area contributed by atoms with E-state index >= 15 is 0 Å². The molecule has 1 aromatic rings. The summed E-state index contributed by atoms with van der Waals surface area (Å²) in [4.78, 5) is 23.1. The minimum atomic E-state index is -0.312. The van der Waals surface area contributed by atoms with Gasteiger partial charge in [-0.25, -0.2) is 0 Å². The number of benzene rings is 1. The summed E-state index contributed by atoms with van der Waals surface area (Å²) in [5.41, 5.74) is 0.924. The van der Waals surface area contributed by atoms with Gasteiger partial charge in [0.2, 0.25) is 5.91 Å². The van der Waals surface area contributed by atoms with Gasteiger partial charge in [-0.05, 0) is 18.1 Å². The molecule has 1 N–H and O–H groups in total. The second-order valence-electron chi connectivity index (χ2n) is 4.22. The lowest BCUT2D eigenvalue weighted by Crippen LogP contribution is -2.37. The molecule has 0 heterocycles. The fraction of sp³-hybridized carbons (Fsp3) is 0.429. The number of halogens is 1. The summed E-state index contributed by atoms with van der Waals surface area (Å²) in [6.07, 6.45) is 1.19. The Morgan fingerprint density at radius 1 is 1.37 bits per heavy atom. The van der Waals surface area contributed by atoms with Gasteiger partial charge in [0, 0.05) is 10.5 Å². The van der Waals surface area contributed by atoms with E-state index in [0.717, 1.165) is 10.0 Å². The van der Waals surface area contributed by atoms with Gasteiger partial charge in [0.15, 0.2) is 0 Å². The zero-order chi connectivity index (χ0) is 14.3. The number of amides is 1. The van der Waals surface area contributed by atoms with Crippen LogP contribution in [-0.2, 0) is 20.7 Å². The quantitative estimate of drug-likeness (QED) is 0.816. The molecule has 0 spiro atoms. The third-order valence-electron chi connectivity index (χ3n) is 2.81. The lowest BCUT2D eigenvalue weighted by atomic mass is 10.1. The highest BCUT2D eigenvalue weighted by Crippen LogP contribution is 2.16. The molecule has 104 valence electrons. The maximum Gasteiger partial charge on any atom is 0.307 e. The summed E-state index contributed by atoms with van der Waals surface area (Å²) in [7, 11) is 1.35. The maximum absolute atomic E-state index is 11.9. The average Bonchev–Trinajstić information content (AvgIpc) is 2.40. The van der Waals surface area contributed by atoms with E-state index < -0.39 is 0 Å². The van der Waals surface area contributed by atoms with Crippen LogP contribution in [0.25, 0.3) is 0 Å². The molecule has 0 aromatic heterocycles. The fourth-order valence-electron chi connectivity index (χ4n) is 1.68. The fourth-order valence-corrected chi connectivity index (χ4v) is 2.10. The van der Waals surface area contributed by atoms with E-state index in [1.807, 2.05) is 31.2 Å². The first-order valence-corrected chi connectivity index (χ1v) is 6.95. The van der Waals surface area contributed by atoms with Gasteiger partial charge in [-0.15, -0.1) is 0 Å². The minimum Gasteiger partial charge on any atom is -0.469 e. The number of carbonyl (C=O) groups is 2. The van der Waals surface area contributed by atoms with Crippen LogP contribution in [0, 0.1) is 0 Å². The second-order valence-corrected chi connectivity index (χ2v) is 5.08. The van der Waals surface area contributed by atoms with Gasteiger partial charge in [0.1, 0.15) is 0 Å². The highest BCUT2D eigenvalue weighted by atomic mass is 79.9. The number of nitrogens with one attached hydrogen (secondary N) is 1. The predicted octanol–water partition coefficient (Wildman–Crippen LogP) is 2.45. The van der Waals surface area contributed by atoms with E-state index in [9.17, 15) is 9.59 Å². The Kier molecular flexibility index (Phi) is 6.56. The van der Waals surface area contributed by atoms with Crippen molar-refractivity contribution in [3.05, 3.63) is 34.3 Å². The smallest absolute Gasteiger partial charge is 0.307 e. The van der Waals surface area contributed by atoms with Gasteiger partial charge in [-0.2, -0.15) is 0 Å². The molecule has 0 aliphatic carbocycles. The highest BCUT2D eigenvalue weighted by Gasteiger charge is 2.15. The van der Waals surface area contributed by atoms with Crippen LogP contribution in [0.5, 0.6) is 0 Å². The van der Waals surface area contributed by atoms with E-state index in [0.29, 0.717) is 12.8 Å². The van der Waals surface area contributed by atoms with Crippen molar-refractivity contribution in [3.63, 3.8) is 0 Å². The molecule has 4 nitrogen and oxygen atoms in total. The number of rotatable bonds is 6. The largest absolute Gasteiger partial charge is 0.469 e. The molecule has 1 aromatic carbocycles. The summed E-state index contributed by atoms with van der Waals surface area (Å²) in [6, 6.07) is 7.40. The van der Waals surface area contributed by atoms with E-state index in [-0.39, 0.29) is 24.3 Å². The van der Waals surface area contributed by atoms with Crippen molar-refractivity contribution in [2.45, 2.75) is 32.2 Å². The Bertz CT molecular complexity index is 448. The number of hydrogen-bond acceptors (Lipinski definition) is 3. The molecule has 0 radical (unpaired) electrons. The maximum atomic E-state index is 11.9. The molecule has 1 rings (SSSR count). The Balaban J connectivity index is 2.54. The van der Waals surface area contributed by atoms with Crippen molar-refractivity contribution in [1.29, 1.82) is 0 Å². The molecule has 1 unspecified atom stereocenters. The summed E-state index contributed by atoms with van der Waals surface area (Å²) in [6.45, 7) is 1.92. The van der Waals surface area contributed by atoms with Crippen LogP contribution in [-0.4, -0.2) is 25.0 Å². The lowest BCUT2D eigenvalue weighted by Gasteiger charge is -2.16. The van der Waals surface area contributed by atoms with E-state index in [1.54, 1.807) is 0 Å². The van der Waals surface area contributed by atoms with Gasteiger partial charge >= 0.3 is 5.97 Å². The monoisotopic (exact) mass is 327 g/mol. The Hall–Kier alpha value is -1.36. The van der Waals surface area contributed by atoms with Crippen molar-refractivity contribution in [3.8, 4) is 0 Å². The Morgan fingerprint density at radius 3 is 2.63 bits per heavy atom. The second kappa shape index (κ2) is 7.94. The van der Waals surface area contributed by atoms with Crippen LogP contribution in [0.3, 0.4) is 0 Å². The van der Waals surface area contributed by atoms with Crippen molar-refractivity contribution in [2.75, 3.05) is 7.11 Å². The third kappa shape index (κ3) is 5.42. The van der Waals surface area contributed by atoms with Crippen molar-refractivity contribution in [1.82, 2.24) is 5.32 Å². The van der Waals surface area contributed by atoms with E-state index in [1.165, 1.54) is 7.11 Å². The minimum absolute atomic E-state index is 0.0948. The summed E-state index contributed by atoms with van der Waals surface area (Å²) in [5, 5.41) is 2.85. The number of ether oxygens (including phenoxy) is 1. The van der Waals surface area contributed by atoms with Gasteiger partial charge in [0.05, 0.1) is 20.0 Å². The Morgan fingerprint density at radius 2 is 2.05 bits per heavy atom. The van der Waals surface area contributed by atoms with E-state index in [4.69, 9.17) is 0 Å². The summed E-state index contributed by atoms with van der Waals surface area (Å²) in [5.74, 6) is -0.407. The number of esters is 1. The molecular weight excluding hydrogens is 310 g/mol. The summed E-state index contributed by atoms with van der Waals surface area (Å²) >= 11 is 3.41. The molecule has 5 heteroatoms.